The van der Waals surface area contributed by atoms with Crippen molar-refractivity contribution in [2.45, 2.75) is 33.1 Å². The number of pyridine rings is 1. The van der Waals surface area contributed by atoms with E-state index in [0.29, 0.717) is 11.4 Å². The summed E-state index contributed by atoms with van der Waals surface area (Å²) < 4.78 is 6.03. The lowest BCUT2D eigenvalue weighted by molar-refractivity contribution is 0.439. The zero-order valence-electron chi connectivity index (χ0n) is 12.8. The molecule has 0 radical (unpaired) electrons. The molecular weight excluding hydrogens is 280 g/mol. The Bertz CT molecular complexity index is 675. The van der Waals surface area contributed by atoms with Gasteiger partial charge in [-0.1, -0.05) is 45.1 Å². The molecule has 0 atom stereocenters. The van der Waals surface area contributed by atoms with Gasteiger partial charge in [-0.2, -0.15) is 0 Å². The van der Waals surface area contributed by atoms with Crippen LogP contribution in [0.15, 0.2) is 36.5 Å². The Hall–Kier alpha value is -1.94. The van der Waals surface area contributed by atoms with E-state index in [1.165, 1.54) is 0 Å². The van der Waals surface area contributed by atoms with Crippen molar-refractivity contribution in [3.05, 3.63) is 53.2 Å². The highest BCUT2D eigenvalue weighted by Crippen LogP contribution is 2.35. The number of nitrogens with two attached hydrogens (primary N) is 1. The molecule has 0 saturated carbocycles. The van der Waals surface area contributed by atoms with E-state index in [4.69, 9.17) is 22.7 Å². The van der Waals surface area contributed by atoms with Crippen LogP contribution in [0.4, 0.5) is 0 Å². The molecular formula is C17H20N2OS. The molecule has 1 heterocycles. The molecule has 0 saturated heterocycles. The number of rotatable bonds is 3. The quantitative estimate of drug-likeness (QED) is 0.866. The standard InChI is InChI=1S/C17H20N2OS/c1-11-7-8-13(17(2,3)4)14(10-11)20-16-12(15(18)21)6-5-9-19-16/h5-10H,1-4H3,(H2,18,21). The number of benzene rings is 1. The molecule has 2 rings (SSSR count). The average Bonchev–Trinajstić information content (AvgIpc) is 2.37. The molecule has 0 aliphatic rings. The second-order valence-corrected chi connectivity index (χ2v) is 6.51. The van der Waals surface area contributed by atoms with Crippen LogP contribution in [-0.4, -0.2) is 9.97 Å². The Labute approximate surface area is 131 Å². The van der Waals surface area contributed by atoms with Crippen molar-refractivity contribution in [1.82, 2.24) is 4.98 Å². The van der Waals surface area contributed by atoms with Gasteiger partial charge in [0.25, 0.3) is 0 Å². The van der Waals surface area contributed by atoms with Crippen molar-refractivity contribution < 1.29 is 4.74 Å². The van der Waals surface area contributed by atoms with Crippen LogP contribution in [0, 0.1) is 6.92 Å². The van der Waals surface area contributed by atoms with E-state index in [9.17, 15) is 0 Å². The van der Waals surface area contributed by atoms with Crippen LogP contribution in [0.25, 0.3) is 0 Å². The molecule has 0 unspecified atom stereocenters. The first-order valence-corrected chi connectivity index (χ1v) is 7.23. The van der Waals surface area contributed by atoms with E-state index >= 15 is 0 Å². The molecule has 21 heavy (non-hydrogen) atoms. The Morgan fingerprint density at radius 1 is 1.24 bits per heavy atom. The predicted molar refractivity (Wildman–Crippen MR) is 90.1 cm³/mol. The van der Waals surface area contributed by atoms with Crippen molar-refractivity contribution >= 4 is 17.2 Å². The van der Waals surface area contributed by atoms with Crippen LogP contribution in [0.1, 0.15) is 37.5 Å². The number of aromatic nitrogens is 1. The lowest BCUT2D eigenvalue weighted by Crippen LogP contribution is -2.14. The van der Waals surface area contributed by atoms with Crippen molar-refractivity contribution in [2.24, 2.45) is 5.73 Å². The van der Waals surface area contributed by atoms with Gasteiger partial charge in [0.2, 0.25) is 5.88 Å². The molecule has 0 aliphatic heterocycles. The average molecular weight is 300 g/mol. The number of thiocarbonyl (C=S) groups is 1. The van der Waals surface area contributed by atoms with Crippen molar-refractivity contribution in [2.75, 3.05) is 0 Å². The molecule has 0 aliphatic carbocycles. The van der Waals surface area contributed by atoms with Crippen LogP contribution < -0.4 is 10.5 Å². The van der Waals surface area contributed by atoms with Crippen LogP contribution in [0.2, 0.25) is 0 Å². The van der Waals surface area contributed by atoms with Crippen molar-refractivity contribution in [1.29, 1.82) is 0 Å². The van der Waals surface area contributed by atoms with Gasteiger partial charge in [0.1, 0.15) is 10.7 Å². The molecule has 0 bridgehead atoms. The van der Waals surface area contributed by atoms with Gasteiger partial charge in [0, 0.05) is 11.8 Å². The maximum atomic E-state index is 6.03. The van der Waals surface area contributed by atoms with Crippen LogP contribution >= 0.6 is 12.2 Å². The lowest BCUT2D eigenvalue weighted by atomic mass is 9.86. The summed E-state index contributed by atoms with van der Waals surface area (Å²) in [5.41, 5.74) is 8.60. The molecule has 110 valence electrons. The van der Waals surface area contributed by atoms with Gasteiger partial charge in [0.05, 0.1) is 5.56 Å². The summed E-state index contributed by atoms with van der Waals surface area (Å²) >= 11 is 5.06. The summed E-state index contributed by atoms with van der Waals surface area (Å²) in [6.45, 7) is 8.48. The Balaban J connectivity index is 2.49. The third kappa shape index (κ3) is 3.58. The van der Waals surface area contributed by atoms with Crippen molar-refractivity contribution in [3.63, 3.8) is 0 Å². The normalized spacial score (nSPS) is 11.2. The summed E-state index contributed by atoms with van der Waals surface area (Å²) in [7, 11) is 0. The van der Waals surface area contributed by atoms with Gasteiger partial charge in [-0.15, -0.1) is 0 Å². The smallest absolute Gasteiger partial charge is 0.229 e. The Morgan fingerprint density at radius 3 is 2.57 bits per heavy atom. The minimum atomic E-state index is -0.0266. The van der Waals surface area contributed by atoms with Crippen LogP contribution in [-0.2, 0) is 5.41 Å². The third-order valence-corrected chi connectivity index (χ3v) is 3.41. The highest BCUT2D eigenvalue weighted by molar-refractivity contribution is 7.80. The number of hydrogen-bond donors (Lipinski definition) is 1. The van der Waals surface area contributed by atoms with Crippen LogP contribution in [0.3, 0.4) is 0 Å². The fraction of sp³-hybridized carbons (Fsp3) is 0.294. The first-order chi connectivity index (χ1) is 9.79. The monoisotopic (exact) mass is 300 g/mol. The van der Waals surface area contributed by atoms with Crippen LogP contribution in [0.5, 0.6) is 11.6 Å². The fourth-order valence-electron chi connectivity index (χ4n) is 2.10. The summed E-state index contributed by atoms with van der Waals surface area (Å²) in [5, 5.41) is 0. The summed E-state index contributed by atoms with van der Waals surface area (Å²) in [4.78, 5) is 4.54. The zero-order chi connectivity index (χ0) is 15.6. The Kier molecular flexibility index (Phi) is 4.28. The first-order valence-electron chi connectivity index (χ1n) is 6.83. The number of hydrogen-bond acceptors (Lipinski definition) is 3. The van der Waals surface area contributed by atoms with E-state index in [0.717, 1.165) is 16.9 Å². The fourth-order valence-corrected chi connectivity index (χ4v) is 2.25. The van der Waals surface area contributed by atoms with Crippen molar-refractivity contribution in [3.8, 4) is 11.6 Å². The maximum absolute atomic E-state index is 6.03. The molecule has 0 amide bonds. The summed E-state index contributed by atoms with van der Waals surface area (Å²) in [6, 6.07) is 9.80. The minimum Gasteiger partial charge on any atom is -0.438 e. The molecule has 2 aromatic rings. The molecule has 4 heteroatoms. The van der Waals surface area contributed by atoms with Gasteiger partial charge in [-0.3, -0.25) is 0 Å². The number of aryl methyl sites for hydroxylation is 1. The van der Waals surface area contributed by atoms with Gasteiger partial charge >= 0.3 is 0 Å². The molecule has 1 aromatic heterocycles. The topological polar surface area (TPSA) is 48.1 Å². The van der Waals surface area contributed by atoms with E-state index in [1.807, 2.05) is 19.1 Å². The number of ether oxygens (including phenoxy) is 1. The van der Waals surface area contributed by atoms with E-state index in [2.05, 4.69) is 37.9 Å². The molecule has 2 N–H and O–H groups in total. The number of nitrogens with zero attached hydrogens (tertiary/aromatic N) is 1. The van der Waals surface area contributed by atoms with Gasteiger partial charge in [-0.05, 0) is 36.1 Å². The summed E-state index contributed by atoms with van der Waals surface area (Å²) in [6.07, 6.45) is 1.67. The maximum Gasteiger partial charge on any atom is 0.229 e. The second-order valence-electron chi connectivity index (χ2n) is 6.07. The zero-order valence-corrected chi connectivity index (χ0v) is 13.6. The highest BCUT2D eigenvalue weighted by Gasteiger charge is 2.20. The first kappa shape index (κ1) is 15.4. The second kappa shape index (κ2) is 5.82. The Morgan fingerprint density at radius 2 is 1.95 bits per heavy atom. The minimum absolute atomic E-state index is 0.0266. The SMILES string of the molecule is Cc1ccc(C(C)(C)C)c(Oc2ncccc2C(N)=S)c1. The van der Waals surface area contributed by atoms with E-state index in [1.54, 1.807) is 12.3 Å². The third-order valence-electron chi connectivity index (χ3n) is 3.19. The molecule has 3 nitrogen and oxygen atoms in total. The van der Waals surface area contributed by atoms with Gasteiger partial charge in [0.15, 0.2) is 0 Å². The van der Waals surface area contributed by atoms with Gasteiger partial charge in [-0.25, -0.2) is 4.98 Å². The van der Waals surface area contributed by atoms with E-state index < -0.39 is 0 Å². The molecule has 0 fully saturated rings. The highest BCUT2D eigenvalue weighted by atomic mass is 32.1. The largest absolute Gasteiger partial charge is 0.438 e. The molecule has 0 spiro atoms. The van der Waals surface area contributed by atoms with Gasteiger partial charge < -0.3 is 10.5 Å². The van der Waals surface area contributed by atoms with E-state index in [-0.39, 0.29) is 10.4 Å². The summed E-state index contributed by atoms with van der Waals surface area (Å²) in [5.74, 6) is 1.24. The molecule has 1 aromatic carbocycles. The lowest BCUT2D eigenvalue weighted by Gasteiger charge is -2.23. The predicted octanol–water partition coefficient (Wildman–Crippen LogP) is 4.11.